The summed E-state index contributed by atoms with van der Waals surface area (Å²) in [5.41, 5.74) is 2.39. The van der Waals surface area contributed by atoms with Gasteiger partial charge in [-0.2, -0.15) is 0 Å². The van der Waals surface area contributed by atoms with Crippen molar-refractivity contribution >= 4 is 5.52 Å². The first-order valence-corrected chi connectivity index (χ1v) is 4.20. The number of hydrogen-bond acceptors (Lipinski definition) is 1. The summed E-state index contributed by atoms with van der Waals surface area (Å²) in [4.78, 5) is 4.36. The van der Waals surface area contributed by atoms with Gasteiger partial charge in [0.1, 0.15) is 0 Å². The van der Waals surface area contributed by atoms with Crippen molar-refractivity contribution in [1.29, 1.82) is 0 Å². The Balaban J connectivity index is 2.70. The lowest BCUT2D eigenvalue weighted by Gasteiger charge is -2.00. The van der Waals surface area contributed by atoms with E-state index >= 15 is 0 Å². The van der Waals surface area contributed by atoms with Gasteiger partial charge in [-0.15, -0.1) is 0 Å². The zero-order valence-electron chi connectivity index (χ0n) is 7.36. The molecule has 0 saturated heterocycles. The second-order valence-corrected chi connectivity index (χ2v) is 3.28. The maximum Gasteiger partial charge on any atom is 0.0995 e. The highest BCUT2D eigenvalue weighted by molar-refractivity contribution is 5.52. The molecule has 0 fully saturated rings. The number of fused-ring (bicyclic) bond motifs is 1. The van der Waals surface area contributed by atoms with Crippen LogP contribution in [0.2, 0.25) is 0 Å². The fourth-order valence-corrected chi connectivity index (χ4v) is 1.41. The van der Waals surface area contributed by atoms with Crippen molar-refractivity contribution in [1.82, 2.24) is 9.38 Å². The lowest BCUT2D eigenvalue weighted by molar-refractivity contribution is 0.841. The molecule has 0 radical (unpaired) electrons. The second kappa shape index (κ2) is 2.63. The molecule has 0 amide bonds. The maximum atomic E-state index is 4.36. The smallest absolute Gasteiger partial charge is 0.0995 e. The molecule has 0 unspecified atom stereocenters. The average Bonchev–Trinajstić information content (AvgIpc) is 2.47. The Labute approximate surface area is 71.9 Å². The van der Waals surface area contributed by atoms with Gasteiger partial charge in [0, 0.05) is 6.20 Å². The number of pyridine rings is 1. The predicted molar refractivity (Wildman–Crippen MR) is 49.3 cm³/mol. The Bertz CT molecular complexity index is 387. The van der Waals surface area contributed by atoms with E-state index in [0.717, 1.165) is 0 Å². The van der Waals surface area contributed by atoms with E-state index in [2.05, 4.69) is 29.3 Å². The predicted octanol–water partition coefficient (Wildman–Crippen LogP) is 2.46. The van der Waals surface area contributed by atoms with Gasteiger partial charge in [-0.25, -0.2) is 4.98 Å². The number of imidazole rings is 1. The number of rotatable bonds is 1. The topological polar surface area (TPSA) is 17.3 Å². The summed E-state index contributed by atoms with van der Waals surface area (Å²) in [5, 5.41) is 0. The normalized spacial score (nSPS) is 11.2. The Morgan fingerprint density at radius 3 is 2.92 bits per heavy atom. The fourth-order valence-electron chi connectivity index (χ4n) is 1.41. The summed E-state index contributed by atoms with van der Waals surface area (Å²) < 4.78 is 2.05. The number of aromatic nitrogens is 2. The average molecular weight is 160 g/mol. The largest absolute Gasteiger partial charge is 0.306 e. The molecule has 62 valence electrons. The Morgan fingerprint density at radius 2 is 2.17 bits per heavy atom. The summed E-state index contributed by atoms with van der Waals surface area (Å²) in [6, 6.07) is 6.16. The highest BCUT2D eigenvalue weighted by atomic mass is 15.0. The summed E-state index contributed by atoms with van der Waals surface area (Å²) in [6.45, 7) is 4.32. The van der Waals surface area contributed by atoms with Crippen LogP contribution in [0.3, 0.4) is 0 Å². The van der Waals surface area contributed by atoms with Crippen molar-refractivity contribution in [3.8, 4) is 0 Å². The summed E-state index contributed by atoms with van der Waals surface area (Å²) >= 11 is 0. The van der Waals surface area contributed by atoms with Gasteiger partial charge in [0.2, 0.25) is 0 Å². The molecule has 0 N–H and O–H groups in total. The van der Waals surface area contributed by atoms with Gasteiger partial charge in [0.25, 0.3) is 0 Å². The van der Waals surface area contributed by atoms with E-state index in [1.54, 1.807) is 0 Å². The van der Waals surface area contributed by atoms with Crippen molar-refractivity contribution in [2.75, 3.05) is 0 Å². The van der Waals surface area contributed by atoms with Crippen LogP contribution in [0, 0.1) is 0 Å². The summed E-state index contributed by atoms with van der Waals surface area (Å²) in [6.07, 6.45) is 3.89. The van der Waals surface area contributed by atoms with Crippen LogP contribution >= 0.6 is 0 Å². The lowest BCUT2D eigenvalue weighted by Crippen LogP contribution is -1.88. The van der Waals surface area contributed by atoms with Crippen molar-refractivity contribution in [2.24, 2.45) is 0 Å². The molecular weight excluding hydrogens is 148 g/mol. The highest BCUT2D eigenvalue weighted by Crippen LogP contribution is 2.17. The van der Waals surface area contributed by atoms with Crippen LogP contribution in [0.5, 0.6) is 0 Å². The molecule has 0 aromatic carbocycles. The van der Waals surface area contributed by atoms with E-state index in [4.69, 9.17) is 0 Å². The molecule has 0 bridgehead atoms. The fraction of sp³-hybridized carbons (Fsp3) is 0.300. The minimum Gasteiger partial charge on any atom is -0.306 e. The molecular formula is C10H12N2. The zero-order valence-corrected chi connectivity index (χ0v) is 7.36. The van der Waals surface area contributed by atoms with E-state index in [0.29, 0.717) is 5.92 Å². The van der Waals surface area contributed by atoms with Crippen LogP contribution in [0.25, 0.3) is 5.52 Å². The van der Waals surface area contributed by atoms with Crippen molar-refractivity contribution in [3.05, 3.63) is 36.4 Å². The molecule has 0 aliphatic rings. The lowest BCUT2D eigenvalue weighted by atomic mass is 10.1. The monoisotopic (exact) mass is 160 g/mol. The van der Waals surface area contributed by atoms with E-state index in [1.807, 2.05) is 24.7 Å². The van der Waals surface area contributed by atoms with Crippen LogP contribution in [0.4, 0.5) is 0 Å². The van der Waals surface area contributed by atoms with Crippen molar-refractivity contribution in [3.63, 3.8) is 0 Å². The Hall–Kier alpha value is -1.31. The van der Waals surface area contributed by atoms with Crippen LogP contribution in [-0.2, 0) is 0 Å². The molecule has 2 aromatic heterocycles. The van der Waals surface area contributed by atoms with Crippen LogP contribution < -0.4 is 0 Å². The minimum absolute atomic E-state index is 0.498. The highest BCUT2D eigenvalue weighted by Gasteiger charge is 2.05. The quantitative estimate of drug-likeness (QED) is 0.626. The third kappa shape index (κ3) is 0.998. The molecule has 0 aliphatic carbocycles. The van der Waals surface area contributed by atoms with E-state index < -0.39 is 0 Å². The van der Waals surface area contributed by atoms with Gasteiger partial charge in [-0.1, -0.05) is 19.9 Å². The Morgan fingerprint density at radius 1 is 1.33 bits per heavy atom. The molecule has 0 spiro atoms. The SMILES string of the molecule is CC(C)c1ncn2ccccc12. The summed E-state index contributed by atoms with van der Waals surface area (Å²) in [5.74, 6) is 0.498. The van der Waals surface area contributed by atoms with Crippen LogP contribution in [-0.4, -0.2) is 9.38 Å². The molecule has 0 atom stereocenters. The van der Waals surface area contributed by atoms with Gasteiger partial charge in [-0.05, 0) is 18.1 Å². The third-order valence-electron chi connectivity index (χ3n) is 2.02. The van der Waals surface area contributed by atoms with Gasteiger partial charge in [0.05, 0.1) is 17.5 Å². The van der Waals surface area contributed by atoms with Crippen LogP contribution in [0.1, 0.15) is 25.5 Å². The molecule has 2 heterocycles. The van der Waals surface area contributed by atoms with E-state index in [9.17, 15) is 0 Å². The molecule has 2 rings (SSSR count). The first-order valence-electron chi connectivity index (χ1n) is 4.20. The van der Waals surface area contributed by atoms with E-state index in [1.165, 1.54) is 11.2 Å². The number of nitrogens with zero attached hydrogens (tertiary/aromatic N) is 2. The molecule has 2 aromatic rings. The molecule has 2 nitrogen and oxygen atoms in total. The van der Waals surface area contributed by atoms with E-state index in [-0.39, 0.29) is 0 Å². The standard InChI is InChI=1S/C10H12N2/c1-8(2)10-9-5-3-4-6-12(9)7-11-10/h3-8H,1-2H3. The first kappa shape index (κ1) is 7.35. The van der Waals surface area contributed by atoms with Crippen molar-refractivity contribution in [2.45, 2.75) is 19.8 Å². The zero-order chi connectivity index (χ0) is 8.55. The molecule has 12 heavy (non-hydrogen) atoms. The van der Waals surface area contributed by atoms with Crippen molar-refractivity contribution < 1.29 is 0 Å². The minimum atomic E-state index is 0.498. The molecule has 2 heteroatoms. The van der Waals surface area contributed by atoms with Gasteiger partial charge >= 0.3 is 0 Å². The second-order valence-electron chi connectivity index (χ2n) is 3.28. The number of hydrogen-bond donors (Lipinski definition) is 0. The van der Waals surface area contributed by atoms with Gasteiger partial charge in [-0.3, -0.25) is 0 Å². The first-order chi connectivity index (χ1) is 5.79. The van der Waals surface area contributed by atoms with Gasteiger partial charge in [0.15, 0.2) is 0 Å². The molecule has 0 aliphatic heterocycles. The van der Waals surface area contributed by atoms with Gasteiger partial charge < -0.3 is 4.40 Å². The third-order valence-corrected chi connectivity index (χ3v) is 2.02. The summed E-state index contributed by atoms with van der Waals surface area (Å²) in [7, 11) is 0. The maximum absolute atomic E-state index is 4.36. The van der Waals surface area contributed by atoms with Crippen LogP contribution in [0.15, 0.2) is 30.7 Å². The molecule has 0 saturated carbocycles. The Kier molecular flexibility index (Phi) is 1.61.